The first kappa shape index (κ1) is 3.92. The Morgan fingerprint density at radius 2 is 1.25 bits per heavy atom. The number of rotatable bonds is 1. The minimum Gasteiger partial charge on any atom is -0.855 e. The van der Waals surface area contributed by atoms with Gasteiger partial charge in [-0.3, -0.25) is 0 Å². The largest absolute Gasteiger partial charge is 0.855 e. The third-order valence-electron chi connectivity index (χ3n) is 0.0833. The van der Waals surface area contributed by atoms with E-state index in [2.05, 4.69) is 0 Å². The van der Waals surface area contributed by atoms with Gasteiger partial charge in [0.25, 0.3) is 0 Å². The lowest BCUT2D eigenvalue weighted by atomic mass is 10.8. The summed E-state index contributed by atoms with van der Waals surface area (Å²) in [6, 6.07) is 0. The molecule has 0 heterocycles. The minimum absolute atomic E-state index is 0.486. The lowest BCUT2D eigenvalue weighted by Gasteiger charge is -2.02. The average molecular weight is 60.1 g/mol. The minimum atomic E-state index is -0.486. The SMILES string of the molecule is [O-]CC[O-]. The second-order valence-electron chi connectivity index (χ2n) is 0.408. The summed E-state index contributed by atoms with van der Waals surface area (Å²) in [5.41, 5.74) is 0. The van der Waals surface area contributed by atoms with Gasteiger partial charge >= 0.3 is 0 Å². The fraction of sp³-hybridized carbons (Fsp3) is 1.00. The molecular formula is C2H4O2-2. The first-order valence-electron chi connectivity index (χ1n) is 1.08. The van der Waals surface area contributed by atoms with Crippen molar-refractivity contribution < 1.29 is 10.2 Å². The quantitative estimate of drug-likeness (QED) is 0.342. The van der Waals surface area contributed by atoms with Gasteiger partial charge in [0.05, 0.1) is 0 Å². The van der Waals surface area contributed by atoms with Crippen molar-refractivity contribution in [2.75, 3.05) is 13.2 Å². The van der Waals surface area contributed by atoms with E-state index in [9.17, 15) is 0 Å². The monoisotopic (exact) mass is 60.0 g/mol. The van der Waals surface area contributed by atoms with E-state index >= 15 is 0 Å². The van der Waals surface area contributed by atoms with Crippen LogP contribution in [0.3, 0.4) is 0 Å². The van der Waals surface area contributed by atoms with Crippen LogP contribution >= 0.6 is 0 Å². The number of hydrogen-bond donors (Lipinski definition) is 0. The second-order valence-corrected chi connectivity index (χ2v) is 0.408. The summed E-state index contributed by atoms with van der Waals surface area (Å²) in [6.45, 7) is -0.972. The normalized spacial score (nSPS) is 7.50. The third kappa shape index (κ3) is 1.92. The molecule has 0 bridgehead atoms. The number of hydrogen-bond acceptors (Lipinski definition) is 2. The Kier molecular flexibility index (Phi) is 2.86. The summed E-state index contributed by atoms with van der Waals surface area (Å²) in [4.78, 5) is 0. The van der Waals surface area contributed by atoms with E-state index < -0.39 is 13.2 Å². The van der Waals surface area contributed by atoms with Crippen LogP contribution in [0.15, 0.2) is 0 Å². The van der Waals surface area contributed by atoms with E-state index in [0.29, 0.717) is 0 Å². The highest BCUT2D eigenvalue weighted by Gasteiger charge is 1.31. The van der Waals surface area contributed by atoms with Gasteiger partial charge in [-0.2, -0.15) is 13.2 Å². The molecule has 0 unspecified atom stereocenters. The lowest BCUT2D eigenvalue weighted by Crippen LogP contribution is -2.20. The highest BCUT2D eigenvalue weighted by Crippen LogP contribution is 1.21. The molecule has 0 atom stereocenters. The molecule has 0 aliphatic heterocycles. The lowest BCUT2D eigenvalue weighted by molar-refractivity contribution is -0.453. The van der Waals surface area contributed by atoms with Gasteiger partial charge in [-0.25, -0.2) is 0 Å². The molecule has 0 radical (unpaired) electrons. The molecule has 0 rings (SSSR count). The van der Waals surface area contributed by atoms with E-state index in [1.165, 1.54) is 0 Å². The molecule has 4 heavy (non-hydrogen) atoms. The van der Waals surface area contributed by atoms with Crippen molar-refractivity contribution in [3.8, 4) is 0 Å². The van der Waals surface area contributed by atoms with Crippen molar-refractivity contribution in [3.05, 3.63) is 0 Å². The predicted octanol–water partition coefficient (Wildman–Crippen LogP) is -2.29. The van der Waals surface area contributed by atoms with E-state index in [1.54, 1.807) is 0 Å². The van der Waals surface area contributed by atoms with Gasteiger partial charge in [-0.05, 0) is 0 Å². The molecule has 0 aliphatic carbocycles. The molecule has 0 amide bonds. The molecule has 0 aromatic carbocycles. The van der Waals surface area contributed by atoms with Crippen molar-refractivity contribution in [1.29, 1.82) is 0 Å². The van der Waals surface area contributed by atoms with Crippen LogP contribution in [0, 0.1) is 0 Å². The van der Waals surface area contributed by atoms with Crippen molar-refractivity contribution in [3.63, 3.8) is 0 Å². The summed E-state index contributed by atoms with van der Waals surface area (Å²) >= 11 is 0. The molecule has 0 saturated heterocycles. The molecular weight excluding hydrogens is 56.0 g/mol. The van der Waals surface area contributed by atoms with Crippen LogP contribution in [-0.4, -0.2) is 13.2 Å². The van der Waals surface area contributed by atoms with Gasteiger partial charge < -0.3 is 10.2 Å². The van der Waals surface area contributed by atoms with Crippen LogP contribution in [0.2, 0.25) is 0 Å². The van der Waals surface area contributed by atoms with Crippen LogP contribution < -0.4 is 10.2 Å². The highest BCUT2D eigenvalue weighted by atomic mass is 16.3. The maximum Gasteiger partial charge on any atom is -0.156 e. The molecule has 0 aliphatic rings. The summed E-state index contributed by atoms with van der Waals surface area (Å²) in [5.74, 6) is 0. The predicted molar refractivity (Wildman–Crippen MR) is 9.73 cm³/mol. The maximum absolute atomic E-state index is 8.99. The maximum atomic E-state index is 8.99. The zero-order chi connectivity index (χ0) is 3.41. The molecule has 0 saturated carbocycles. The van der Waals surface area contributed by atoms with Gasteiger partial charge in [0.1, 0.15) is 0 Å². The first-order chi connectivity index (χ1) is 1.91. The highest BCUT2D eigenvalue weighted by molar-refractivity contribution is 4.00. The van der Waals surface area contributed by atoms with Gasteiger partial charge in [0.15, 0.2) is 0 Å². The van der Waals surface area contributed by atoms with Crippen LogP contribution in [-0.2, 0) is 0 Å². The Morgan fingerprint density at radius 1 is 1.00 bits per heavy atom. The Hall–Kier alpha value is -0.0800. The summed E-state index contributed by atoms with van der Waals surface area (Å²) in [5, 5.41) is 18.0. The Bertz CT molecular complexity index is 6.00. The molecule has 0 fully saturated rings. The fourth-order valence-corrected chi connectivity index (χ4v) is 0. The van der Waals surface area contributed by atoms with Crippen LogP contribution in [0.1, 0.15) is 0 Å². The van der Waals surface area contributed by atoms with Crippen molar-refractivity contribution in [1.82, 2.24) is 0 Å². The van der Waals surface area contributed by atoms with E-state index in [-0.39, 0.29) is 0 Å². The molecule has 2 heteroatoms. The molecule has 26 valence electrons. The van der Waals surface area contributed by atoms with Gasteiger partial charge in [-0.1, -0.05) is 0 Å². The fourth-order valence-electron chi connectivity index (χ4n) is 0. The molecule has 0 N–H and O–H groups in total. The first-order valence-corrected chi connectivity index (χ1v) is 1.08. The average Bonchev–Trinajstić information content (AvgIpc) is 1.37. The third-order valence-corrected chi connectivity index (χ3v) is 0.0833. The van der Waals surface area contributed by atoms with Crippen LogP contribution in [0.5, 0.6) is 0 Å². The van der Waals surface area contributed by atoms with Crippen LogP contribution in [0.25, 0.3) is 0 Å². The van der Waals surface area contributed by atoms with Crippen molar-refractivity contribution in [2.24, 2.45) is 0 Å². The molecule has 0 aromatic rings. The Morgan fingerprint density at radius 3 is 1.25 bits per heavy atom. The van der Waals surface area contributed by atoms with Crippen LogP contribution in [0.4, 0.5) is 0 Å². The van der Waals surface area contributed by atoms with E-state index in [0.717, 1.165) is 0 Å². The zero-order valence-corrected chi connectivity index (χ0v) is 2.23. The Labute approximate surface area is 24.7 Å². The van der Waals surface area contributed by atoms with Gasteiger partial charge in [-0.15, -0.1) is 0 Å². The van der Waals surface area contributed by atoms with E-state index in [4.69, 9.17) is 10.2 Å². The summed E-state index contributed by atoms with van der Waals surface area (Å²) < 4.78 is 0. The summed E-state index contributed by atoms with van der Waals surface area (Å²) in [7, 11) is 0. The van der Waals surface area contributed by atoms with E-state index in [1.807, 2.05) is 0 Å². The van der Waals surface area contributed by atoms with Gasteiger partial charge in [0.2, 0.25) is 0 Å². The Balaban J connectivity index is 1.97. The summed E-state index contributed by atoms with van der Waals surface area (Å²) in [6.07, 6.45) is 0. The molecule has 0 spiro atoms. The second kappa shape index (κ2) is 2.92. The molecule has 2 nitrogen and oxygen atoms in total. The topological polar surface area (TPSA) is 46.1 Å². The molecule has 0 aromatic heterocycles. The van der Waals surface area contributed by atoms with Gasteiger partial charge in [0, 0.05) is 0 Å². The smallest absolute Gasteiger partial charge is 0.156 e. The van der Waals surface area contributed by atoms with Crippen molar-refractivity contribution >= 4 is 0 Å². The standard InChI is InChI=1S/C2H4O2/c3-1-2-4/h1-2H2/q-2. The van der Waals surface area contributed by atoms with Crippen molar-refractivity contribution in [2.45, 2.75) is 0 Å². The zero-order valence-electron chi connectivity index (χ0n) is 2.23.